The van der Waals surface area contributed by atoms with Crippen LogP contribution in [0.25, 0.3) is 11.3 Å². The second-order valence-electron chi connectivity index (χ2n) is 5.18. The number of allylic oxidation sites excluding steroid dienone is 1. The summed E-state index contributed by atoms with van der Waals surface area (Å²) >= 11 is 0. The van der Waals surface area contributed by atoms with E-state index in [1.54, 1.807) is 18.2 Å². The van der Waals surface area contributed by atoms with Gasteiger partial charge in [0.2, 0.25) is 0 Å². The van der Waals surface area contributed by atoms with Crippen molar-refractivity contribution in [2.45, 2.75) is 32.7 Å². The molecule has 0 aliphatic heterocycles. The number of nitrogens with zero attached hydrogens (tertiary/aromatic N) is 2. The molecule has 0 saturated heterocycles. The van der Waals surface area contributed by atoms with Gasteiger partial charge in [-0.3, -0.25) is 0 Å². The van der Waals surface area contributed by atoms with E-state index in [9.17, 15) is 8.78 Å². The van der Waals surface area contributed by atoms with Gasteiger partial charge in [-0.25, -0.2) is 13.8 Å². The lowest BCUT2D eigenvalue weighted by molar-refractivity contribution is 0.151. The number of alkyl halides is 2. The molecule has 21 heavy (non-hydrogen) atoms. The van der Waals surface area contributed by atoms with Gasteiger partial charge in [-0.15, -0.1) is 6.58 Å². The van der Waals surface area contributed by atoms with Crippen LogP contribution in [0.1, 0.15) is 37.6 Å². The average Bonchev–Trinajstić information content (AvgIpc) is 2.77. The monoisotopic (exact) mass is 291 g/mol. The summed E-state index contributed by atoms with van der Waals surface area (Å²) < 4.78 is 27.1. The van der Waals surface area contributed by atoms with E-state index >= 15 is 0 Å². The lowest BCUT2D eigenvalue weighted by Crippen LogP contribution is -2.07. The number of nitrogen functional groups attached to an aromatic ring is 1. The van der Waals surface area contributed by atoms with Crippen molar-refractivity contribution < 1.29 is 8.78 Å². The predicted molar refractivity (Wildman–Crippen MR) is 81.3 cm³/mol. The van der Waals surface area contributed by atoms with E-state index in [2.05, 4.69) is 11.6 Å². The van der Waals surface area contributed by atoms with Gasteiger partial charge in [0.15, 0.2) is 0 Å². The Morgan fingerprint density at radius 2 is 1.90 bits per heavy atom. The Hall–Kier alpha value is -2.17. The van der Waals surface area contributed by atoms with Gasteiger partial charge in [-0.1, -0.05) is 44.2 Å². The molecule has 3 nitrogen and oxygen atoms in total. The van der Waals surface area contributed by atoms with Crippen LogP contribution >= 0.6 is 0 Å². The molecular weight excluding hydrogens is 272 g/mol. The van der Waals surface area contributed by atoms with E-state index in [-0.39, 0.29) is 11.5 Å². The molecule has 0 aliphatic rings. The van der Waals surface area contributed by atoms with Crippen LogP contribution in [0.5, 0.6) is 0 Å². The van der Waals surface area contributed by atoms with Gasteiger partial charge in [0.25, 0.3) is 6.43 Å². The van der Waals surface area contributed by atoms with E-state index in [4.69, 9.17) is 5.73 Å². The normalized spacial score (nSPS) is 11.3. The van der Waals surface area contributed by atoms with Crippen molar-refractivity contribution in [3.05, 3.63) is 48.3 Å². The van der Waals surface area contributed by atoms with Crippen LogP contribution in [-0.2, 0) is 6.54 Å². The van der Waals surface area contributed by atoms with Crippen LogP contribution in [-0.4, -0.2) is 9.55 Å². The van der Waals surface area contributed by atoms with E-state index < -0.39 is 6.43 Å². The number of anilines is 1. The van der Waals surface area contributed by atoms with Gasteiger partial charge in [0.05, 0.1) is 0 Å². The Labute approximate surface area is 123 Å². The summed E-state index contributed by atoms with van der Waals surface area (Å²) in [6.45, 7) is 8.36. The van der Waals surface area contributed by atoms with Gasteiger partial charge >= 0.3 is 0 Å². The first-order valence-corrected chi connectivity index (χ1v) is 6.81. The third kappa shape index (κ3) is 2.96. The van der Waals surface area contributed by atoms with Crippen molar-refractivity contribution in [1.82, 2.24) is 9.55 Å². The fraction of sp³-hybridized carbons (Fsp3) is 0.312. The molecule has 0 spiro atoms. The molecule has 2 aromatic rings. The van der Waals surface area contributed by atoms with Crippen molar-refractivity contribution in [2.75, 3.05) is 5.73 Å². The van der Waals surface area contributed by atoms with E-state index in [1.807, 2.05) is 18.4 Å². The first-order chi connectivity index (χ1) is 9.95. The lowest BCUT2D eigenvalue weighted by Gasteiger charge is -2.09. The highest BCUT2D eigenvalue weighted by Gasteiger charge is 2.18. The second-order valence-corrected chi connectivity index (χ2v) is 5.18. The maximum absolute atomic E-state index is 12.6. The highest BCUT2D eigenvalue weighted by molar-refractivity contribution is 5.71. The largest absolute Gasteiger partial charge is 0.383 e. The number of imidazole rings is 1. The van der Waals surface area contributed by atoms with E-state index in [1.165, 1.54) is 12.1 Å². The lowest BCUT2D eigenvalue weighted by atomic mass is 10.1. The van der Waals surface area contributed by atoms with Gasteiger partial charge in [-0.2, -0.15) is 0 Å². The summed E-state index contributed by atoms with van der Waals surface area (Å²) in [5.74, 6) is 1.60. The fourth-order valence-corrected chi connectivity index (χ4v) is 2.24. The summed E-state index contributed by atoms with van der Waals surface area (Å²) in [5, 5.41) is 0. The van der Waals surface area contributed by atoms with E-state index in [0.29, 0.717) is 18.1 Å². The Balaban J connectivity index is 2.48. The van der Waals surface area contributed by atoms with Crippen molar-refractivity contribution in [3.8, 4) is 11.3 Å². The molecule has 5 heteroatoms. The number of halogens is 2. The number of nitrogens with two attached hydrogens (primary N) is 1. The van der Waals surface area contributed by atoms with Crippen LogP contribution in [0.4, 0.5) is 14.6 Å². The highest BCUT2D eigenvalue weighted by atomic mass is 19.3. The molecule has 112 valence electrons. The summed E-state index contributed by atoms with van der Waals surface area (Å²) in [5.41, 5.74) is 7.52. The van der Waals surface area contributed by atoms with Crippen molar-refractivity contribution in [1.29, 1.82) is 0 Å². The Morgan fingerprint density at radius 3 is 2.38 bits per heavy atom. The number of hydrogen-bond donors (Lipinski definition) is 1. The smallest absolute Gasteiger partial charge is 0.263 e. The third-order valence-electron chi connectivity index (χ3n) is 3.30. The molecule has 1 aromatic heterocycles. The highest BCUT2D eigenvalue weighted by Crippen LogP contribution is 2.30. The number of hydrogen-bond acceptors (Lipinski definition) is 2. The molecule has 0 radical (unpaired) electrons. The molecule has 0 saturated carbocycles. The molecular formula is C16H19F2N3. The minimum atomic E-state index is -2.47. The third-order valence-corrected chi connectivity index (χ3v) is 3.30. The number of aromatic nitrogens is 2. The van der Waals surface area contributed by atoms with E-state index in [0.717, 1.165) is 11.4 Å². The molecule has 2 N–H and O–H groups in total. The number of rotatable bonds is 5. The molecule has 2 rings (SSSR count). The summed E-state index contributed by atoms with van der Waals surface area (Å²) in [4.78, 5) is 4.58. The van der Waals surface area contributed by atoms with Crippen molar-refractivity contribution in [3.63, 3.8) is 0 Å². The van der Waals surface area contributed by atoms with Crippen LogP contribution < -0.4 is 5.73 Å². The van der Waals surface area contributed by atoms with Crippen LogP contribution in [0.3, 0.4) is 0 Å². The SMILES string of the molecule is C=CCn1c(C(C)C)nc(-c2ccc(C(F)F)cc2)c1N. The Morgan fingerprint density at radius 1 is 1.29 bits per heavy atom. The molecule has 1 aromatic carbocycles. The quantitative estimate of drug-likeness (QED) is 0.831. The predicted octanol–water partition coefficient (Wildman–Crippen LogP) is 4.38. The Kier molecular flexibility index (Phi) is 4.40. The first kappa shape index (κ1) is 15.2. The summed E-state index contributed by atoms with van der Waals surface area (Å²) in [6.07, 6.45) is -0.714. The molecule has 1 heterocycles. The average molecular weight is 291 g/mol. The summed E-state index contributed by atoms with van der Waals surface area (Å²) in [7, 11) is 0. The zero-order chi connectivity index (χ0) is 15.6. The molecule has 0 atom stereocenters. The molecule has 0 aliphatic carbocycles. The Bertz CT molecular complexity index is 628. The molecule has 0 unspecified atom stereocenters. The summed E-state index contributed by atoms with van der Waals surface area (Å²) in [6, 6.07) is 6.06. The van der Waals surface area contributed by atoms with Crippen LogP contribution in [0, 0.1) is 0 Å². The van der Waals surface area contributed by atoms with Crippen molar-refractivity contribution >= 4 is 5.82 Å². The van der Waals surface area contributed by atoms with Gasteiger partial charge < -0.3 is 10.3 Å². The number of benzene rings is 1. The zero-order valence-electron chi connectivity index (χ0n) is 12.2. The molecule has 0 bridgehead atoms. The van der Waals surface area contributed by atoms with Gasteiger partial charge in [0.1, 0.15) is 17.3 Å². The maximum Gasteiger partial charge on any atom is 0.263 e. The van der Waals surface area contributed by atoms with Crippen LogP contribution in [0.15, 0.2) is 36.9 Å². The van der Waals surface area contributed by atoms with Gasteiger partial charge in [0, 0.05) is 23.6 Å². The molecule has 0 fully saturated rings. The standard InChI is InChI=1S/C16H19F2N3/c1-4-9-21-15(19)13(20-16(21)10(2)3)11-5-7-12(8-6-11)14(17)18/h4-8,10,14H,1,9,19H2,2-3H3. The van der Waals surface area contributed by atoms with Crippen molar-refractivity contribution in [2.24, 2.45) is 0 Å². The van der Waals surface area contributed by atoms with Gasteiger partial charge in [-0.05, 0) is 0 Å². The topological polar surface area (TPSA) is 43.8 Å². The first-order valence-electron chi connectivity index (χ1n) is 6.81. The van der Waals surface area contributed by atoms with Crippen LogP contribution in [0.2, 0.25) is 0 Å². The maximum atomic E-state index is 12.6. The second kappa shape index (κ2) is 6.08. The zero-order valence-corrected chi connectivity index (χ0v) is 12.2. The minimum Gasteiger partial charge on any atom is -0.383 e. The fourth-order valence-electron chi connectivity index (χ4n) is 2.24. The minimum absolute atomic E-state index is 0.00747. The molecule has 0 amide bonds.